The van der Waals surface area contributed by atoms with Crippen molar-refractivity contribution in [3.8, 4) is 11.5 Å². The van der Waals surface area contributed by atoms with Gasteiger partial charge in [0.05, 0.1) is 14.2 Å². The van der Waals surface area contributed by atoms with E-state index in [1.54, 1.807) is 14.2 Å². The molecule has 0 bridgehead atoms. The van der Waals surface area contributed by atoms with Crippen LogP contribution < -0.4 is 9.47 Å². The molecule has 3 nitrogen and oxygen atoms in total. The Labute approximate surface area is 156 Å². The summed E-state index contributed by atoms with van der Waals surface area (Å²) in [7, 11) is 3.23. The number of allylic oxidation sites excluding steroid dienone is 2. The first kappa shape index (κ1) is 17.5. The summed E-state index contributed by atoms with van der Waals surface area (Å²) in [5, 5.41) is 0. The number of carbonyl (C=O) groups is 1. The highest BCUT2D eigenvalue weighted by Crippen LogP contribution is 2.31. The van der Waals surface area contributed by atoms with E-state index in [1.807, 2.05) is 54.6 Å². The molecule has 0 unspecified atom stereocenters. The van der Waals surface area contributed by atoms with Gasteiger partial charge in [0.15, 0.2) is 5.78 Å². The number of methoxy groups -OCH3 is 2. The van der Waals surface area contributed by atoms with Gasteiger partial charge >= 0.3 is 0 Å². The van der Waals surface area contributed by atoms with E-state index in [4.69, 9.17) is 9.47 Å². The summed E-state index contributed by atoms with van der Waals surface area (Å²) >= 11 is 3.42. The monoisotopic (exact) mass is 398 g/mol. The number of ketones is 1. The second-order valence-electron chi connectivity index (χ2n) is 5.87. The SMILES string of the molecule is COc1cc(/C=C2\CC/C(=C\c3ccc(Br)cc3)C2=O)cc(OC)c1. The quantitative estimate of drug-likeness (QED) is 0.655. The number of rotatable bonds is 4. The molecule has 0 spiro atoms. The third-order valence-electron chi connectivity index (χ3n) is 4.17. The van der Waals surface area contributed by atoms with Crippen LogP contribution >= 0.6 is 15.9 Å². The molecule has 25 heavy (non-hydrogen) atoms. The average Bonchev–Trinajstić information content (AvgIpc) is 2.96. The molecular weight excluding hydrogens is 380 g/mol. The lowest BCUT2D eigenvalue weighted by Crippen LogP contribution is -1.96. The first-order valence-electron chi connectivity index (χ1n) is 8.03. The third kappa shape index (κ3) is 4.20. The van der Waals surface area contributed by atoms with Crippen LogP contribution in [0.15, 0.2) is 58.1 Å². The van der Waals surface area contributed by atoms with Gasteiger partial charge < -0.3 is 9.47 Å². The molecule has 1 aliphatic rings. The molecule has 0 amide bonds. The van der Waals surface area contributed by atoms with Crippen LogP contribution in [0, 0.1) is 0 Å². The van der Waals surface area contributed by atoms with E-state index in [2.05, 4.69) is 15.9 Å². The average molecular weight is 399 g/mol. The van der Waals surface area contributed by atoms with Crippen molar-refractivity contribution in [1.82, 2.24) is 0 Å². The van der Waals surface area contributed by atoms with Crippen LogP contribution in [-0.4, -0.2) is 20.0 Å². The Hall–Kier alpha value is -2.33. The molecule has 3 rings (SSSR count). The van der Waals surface area contributed by atoms with Crippen molar-refractivity contribution < 1.29 is 14.3 Å². The Kier molecular flexibility index (Phi) is 5.39. The second-order valence-corrected chi connectivity index (χ2v) is 6.78. The number of Topliss-reactive ketones (excluding diaryl/α,β-unsaturated/α-hetero) is 1. The molecule has 128 valence electrons. The van der Waals surface area contributed by atoms with E-state index in [0.717, 1.165) is 39.6 Å². The Morgan fingerprint density at radius 2 is 1.36 bits per heavy atom. The maximum Gasteiger partial charge on any atom is 0.185 e. The fraction of sp³-hybridized carbons (Fsp3) is 0.190. The summed E-state index contributed by atoms with van der Waals surface area (Å²) in [5.41, 5.74) is 3.61. The van der Waals surface area contributed by atoms with Crippen LogP contribution in [0.5, 0.6) is 11.5 Å². The highest BCUT2D eigenvalue weighted by Gasteiger charge is 2.23. The number of hydrogen-bond acceptors (Lipinski definition) is 3. The molecule has 1 fully saturated rings. The molecule has 1 saturated carbocycles. The Balaban J connectivity index is 1.86. The molecule has 0 N–H and O–H groups in total. The zero-order valence-corrected chi connectivity index (χ0v) is 15.8. The van der Waals surface area contributed by atoms with Gasteiger partial charge in [-0.05, 0) is 60.4 Å². The van der Waals surface area contributed by atoms with Crippen molar-refractivity contribution in [2.24, 2.45) is 0 Å². The van der Waals surface area contributed by atoms with Crippen molar-refractivity contribution >= 4 is 33.9 Å². The molecule has 2 aromatic carbocycles. The van der Waals surface area contributed by atoms with Crippen molar-refractivity contribution in [1.29, 1.82) is 0 Å². The van der Waals surface area contributed by atoms with Crippen LogP contribution in [0.1, 0.15) is 24.0 Å². The Bertz CT molecular complexity index is 826. The second kappa shape index (κ2) is 7.70. The minimum atomic E-state index is 0.115. The fourth-order valence-corrected chi connectivity index (χ4v) is 3.12. The highest BCUT2D eigenvalue weighted by molar-refractivity contribution is 9.10. The minimum Gasteiger partial charge on any atom is -0.497 e. The summed E-state index contributed by atoms with van der Waals surface area (Å²) < 4.78 is 11.6. The number of halogens is 1. The molecule has 0 heterocycles. The topological polar surface area (TPSA) is 35.5 Å². The number of hydrogen-bond donors (Lipinski definition) is 0. The van der Waals surface area contributed by atoms with Gasteiger partial charge in [0.2, 0.25) is 0 Å². The zero-order chi connectivity index (χ0) is 17.8. The summed E-state index contributed by atoms with van der Waals surface area (Å²) in [5.74, 6) is 1.54. The van der Waals surface area contributed by atoms with Gasteiger partial charge in [0, 0.05) is 21.7 Å². The normalized spacial score (nSPS) is 17.3. The highest BCUT2D eigenvalue weighted by atomic mass is 79.9. The Morgan fingerprint density at radius 1 is 0.840 bits per heavy atom. The van der Waals surface area contributed by atoms with E-state index < -0.39 is 0 Å². The zero-order valence-electron chi connectivity index (χ0n) is 14.2. The molecule has 0 radical (unpaired) electrons. The lowest BCUT2D eigenvalue weighted by molar-refractivity contribution is -0.111. The summed E-state index contributed by atoms with van der Waals surface area (Å²) in [4.78, 5) is 12.7. The molecule has 0 saturated heterocycles. The van der Waals surface area contributed by atoms with Crippen LogP contribution in [0.4, 0.5) is 0 Å². The van der Waals surface area contributed by atoms with Gasteiger partial charge in [0.1, 0.15) is 11.5 Å². The minimum absolute atomic E-state index is 0.115. The molecule has 2 aromatic rings. The maximum atomic E-state index is 12.7. The van der Waals surface area contributed by atoms with Gasteiger partial charge in [-0.1, -0.05) is 28.1 Å². The summed E-state index contributed by atoms with van der Waals surface area (Å²) in [6, 6.07) is 13.6. The van der Waals surface area contributed by atoms with Gasteiger partial charge in [-0.2, -0.15) is 0 Å². The molecule has 0 aromatic heterocycles. The van der Waals surface area contributed by atoms with Crippen LogP contribution in [0.2, 0.25) is 0 Å². The van der Waals surface area contributed by atoms with Crippen molar-refractivity contribution in [3.05, 3.63) is 69.2 Å². The first-order valence-corrected chi connectivity index (χ1v) is 8.83. The van der Waals surface area contributed by atoms with E-state index in [9.17, 15) is 4.79 Å². The van der Waals surface area contributed by atoms with Crippen molar-refractivity contribution in [3.63, 3.8) is 0 Å². The summed E-state index contributed by atoms with van der Waals surface area (Å²) in [6.07, 6.45) is 5.42. The lowest BCUT2D eigenvalue weighted by atomic mass is 10.1. The molecule has 4 heteroatoms. The van der Waals surface area contributed by atoms with Crippen LogP contribution in [-0.2, 0) is 4.79 Å². The van der Waals surface area contributed by atoms with Crippen LogP contribution in [0.3, 0.4) is 0 Å². The van der Waals surface area contributed by atoms with Crippen molar-refractivity contribution in [2.75, 3.05) is 14.2 Å². The van der Waals surface area contributed by atoms with E-state index in [0.29, 0.717) is 11.5 Å². The Morgan fingerprint density at radius 3 is 1.88 bits per heavy atom. The van der Waals surface area contributed by atoms with Crippen LogP contribution in [0.25, 0.3) is 12.2 Å². The number of ether oxygens (including phenoxy) is 2. The summed E-state index contributed by atoms with van der Waals surface area (Å²) in [6.45, 7) is 0. The van der Waals surface area contributed by atoms with Gasteiger partial charge in [-0.3, -0.25) is 4.79 Å². The lowest BCUT2D eigenvalue weighted by Gasteiger charge is -2.06. The van der Waals surface area contributed by atoms with Gasteiger partial charge in [-0.25, -0.2) is 0 Å². The molecule has 0 aliphatic heterocycles. The predicted octanol–water partition coefficient (Wildman–Crippen LogP) is 5.30. The number of benzene rings is 2. The van der Waals surface area contributed by atoms with E-state index in [1.165, 1.54) is 0 Å². The van der Waals surface area contributed by atoms with Gasteiger partial charge in [-0.15, -0.1) is 0 Å². The van der Waals surface area contributed by atoms with Gasteiger partial charge in [0.25, 0.3) is 0 Å². The first-order chi connectivity index (χ1) is 12.1. The number of carbonyl (C=O) groups excluding carboxylic acids is 1. The van der Waals surface area contributed by atoms with E-state index >= 15 is 0 Å². The standard InChI is InChI=1S/C21H19BrO3/c1-24-19-11-15(12-20(13-19)25-2)10-17-6-5-16(21(17)23)9-14-3-7-18(22)8-4-14/h3-4,7-13H,5-6H2,1-2H3/b16-9+,17-10+. The third-order valence-corrected chi connectivity index (χ3v) is 4.70. The molecular formula is C21H19BrO3. The molecule has 1 aliphatic carbocycles. The smallest absolute Gasteiger partial charge is 0.185 e. The van der Waals surface area contributed by atoms with E-state index in [-0.39, 0.29) is 5.78 Å². The fourth-order valence-electron chi connectivity index (χ4n) is 2.85. The predicted molar refractivity (Wildman–Crippen MR) is 104 cm³/mol. The molecule has 0 atom stereocenters. The van der Waals surface area contributed by atoms with Crippen molar-refractivity contribution in [2.45, 2.75) is 12.8 Å². The largest absolute Gasteiger partial charge is 0.497 e. The maximum absolute atomic E-state index is 12.7.